The summed E-state index contributed by atoms with van der Waals surface area (Å²) in [5, 5.41) is 2.21. The van der Waals surface area contributed by atoms with Gasteiger partial charge in [-0.3, -0.25) is 9.47 Å². The summed E-state index contributed by atoms with van der Waals surface area (Å²) in [5.41, 5.74) is 3.29. The summed E-state index contributed by atoms with van der Waals surface area (Å²) < 4.78 is 28.9. The number of hydrogen-bond acceptors (Lipinski definition) is 2. The minimum Gasteiger partial charge on any atom is -0.276 e. The maximum Gasteiger partial charge on any atom is 0.233 e. The summed E-state index contributed by atoms with van der Waals surface area (Å²) in [5.74, 6) is -1.97. The summed E-state index contributed by atoms with van der Waals surface area (Å²) in [6.07, 6.45) is 2.42. The van der Waals surface area contributed by atoms with Crippen LogP contribution in [0.3, 0.4) is 0 Å². The molecule has 162 valence electrons. The molecule has 0 N–H and O–H groups in total. The second kappa shape index (κ2) is 8.92. The highest BCUT2D eigenvalue weighted by Gasteiger charge is 2.17. The highest BCUT2D eigenvalue weighted by Crippen LogP contribution is 2.36. The van der Waals surface area contributed by atoms with Gasteiger partial charge in [-0.25, -0.2) is 13.8 Å². The van der Waals surface area contributed by atoms with Gasteiger partial charge >= 0.3 is 0 Å². The Bertz CT molecular complexity index is 1430. The Morgan fingerprint density at radius 3 is 2.18 bits per heavy atom. The maximum atomic E-state index is 13.8. The topological polar surface area (TPSA) is 25.2 Å². The quantitative estimate of drug-likeness (QED) is 0.253. The van der Waals surface area contributed by atoms with Crippen LogP contribution >= 0.6 is 11.8 Å². The molecular formula is C27H18F2N2OS. The lowest BCUT2D eigenvalue weighted by atomic mass is 10.1. The Hall–Kier alpha value is -3.90. The van der Waals surface area contributed by atoms with Crippen molar-refractivity contribution in [2.45, 2.75) is 9.79 Å². The minimum absolute atomic E-state index is 0.230. The summed E-state index contributed by atoms with van der Waals surface area (Å²) in [7, 11) is 0. The van der Waals surface area contributed by atoms with Crippen LogP contribution in [0.2, 0.25) is 0 Å². The fourth-order valence-corrected chi connectivity index (χ4v) is 4.69. The van der Waals surface area contributed by atoms with Crippen LogP contribution in [0.15, 0.2) is 113 Å². The van der Waals surface area contributed by atoms with Crippen LogP contribution in [0.4, 0.5) is 14.5 Å². The molecule has 0 aliphatic rings. The Morgan fingerprint density at radius 1 is 0.758 bits per heavy atom. The summed E-state index contributed by atoms with van der Waals surface area (Å²) in [6, 6.07) is 29.5. The van der Waals surface area contributed by atoms with E-state index in [1.165, 1.54) is 11.1 Å². The smallest absolute Gasteiger partial charge is 0.233 e. The average molecular weight is 457 g/mol. The first-order valence-electron chi connectivity index (χ1n) is 10.3. The van der Waals surface area contributed by atoms with Gasteiger partial charge in [-0.15, -0.1) is 0 Å². The van der Waals surface area contributed by atoms with Gasteiger partial charge in [0.15, 0.2) is 11.6 Å². The summed E-state index contributed by atoms with van der Waals surface area (Å²) in [6.45, 7) is 0. The zero-order chi connectivity index (χ0) is 22.8. The number of carbonyl (C=O) groups is 1. The predicted octanol–water partition coefficient (Wildman–Crippen LogP) is 7.16. The maximum absolute atomic E-state index is 13.8. The number of anilines is 1. The molecule has 0 atom stereocenters. The largest absolute Gasteiger partial charge is 0.276 e. The second-order valence-electron chi connectivity index (χ2n) is 7.40. The lowest BCUT2D eigenvalue weighted by molar-refractivity contribution is -0.107. The first-order valence-corrected chi connectivity index (χ1v) is 11.1. The van der Waals surface area contributed by atoms with E-state index in [1.807, 2.05) is 48.7 Å². The molecule has 0 saturated heterocycles. The van der Waals surface area contributed by atoms with Gasteiger partial charge < -0.3 is 0 Å². The number of rotatable bonds is 6. The van der Waals surface area contributed by atoms with Gasteiger partial charge in [0.1, 0.15) is 0 Å². The van der Waals surface area contributed by atoms with Crippen LogP contribution < -0.4 is 5.01 Å². The number of fused-ring (bicyclic) bond motifs is 1. The number of halogens is 2. The molecule has 1 amide bonds. The van der Waals surface area contributed by atoms with Crippen LogP contribution in [0.1, 0.15) is 0 Å². The molecule has 1 aromatic heterocycles. The molecule has 33 heavy (non-hydrogen) atoms. The molecule has 0 fully saturated rings. The van der Waals surface area contributed by atoms with Gasteiger partial charge in [0.25, 0.3) is 0 Å². The van der Waals surface area contributed by atoms with Gasteiger partial charge in [0, 0.05) is 27.4 Å². The van der Waals surface area contributed by atoms with E-state index in [0.29, 0.717) is 6.41 Å². The SMILES string of the molecule is O=CN(c1ccc(F)c(F)c1)n1cc(Sc2ccc(-c3ccccc3)cc2)c2ccccc21. The molecule has 0 saturated carbocycles. The number of carbonyl (C=O) groups excluding carboxylic acids is 1. The molecule has 5 aromatic rings. The third-order valence-corrected chi connectivity index (χ3v) is 6.40. The molecule has 5 rings (SSSR count). The van der Waals surface area contributed by atoms with Crippen LogP contribution in [-0.4, -0.2) is 11.1 Å². The molecule has 0 aliphatic heterocycles. The van der Waals surface area contributed by atoms with Gasteiger partial charge in [-0.2, -0.15) is 0 Å². The number of para-hydroxylation sites is 1. The summed E-state index contributed by atoms with van der Waals surface area (Å²) >= 11 is 1.57. The Labute approximate surface area is 193 Å². The van der Waals surface area contributed by atoms with Crippen molar-refractivity contribution in [3.63, 3.8) is 0 Å². The van der Waals surface area contributed by atoms with Crippen LogP contribution in [0, 0.1) is 11.6 Å². The van der Waals surface area contributed by atoms with Crippen LogP contribution in [0.25, 0.3) is 22.0 Å². The zero-order valence-corrected chi connectivity index (χ0v) is 18.2. The number of hydrogen-bond donors (Lipinski definition) is 0. The van der Waals surface area contributed by atoms with Crippen molar-refractivity contribution in [1.82, 2.24) is 4.68 Å². The molecule has 4 aromatic carbocycles. The summed E-state index contributed by atoms with van der Waals surface area (Å²) in [4.78, 5) is 13.9. The van der Waals surface area contributed by atoms with E-state index in [9.17, 15) is 13.6 Å². The Morgan fingerprint density at radius 2 is 1.45 bits per heavy atom. The average Bonchev–Trinajstić information content (AvgIpc) is 3.21. The highest BCUT2D eigenvalue weighted by molar-refractivity contribution is 7.99. The van der Waals surface area contributed by atoms with Gasteiger partial charge in [0.05, 0.1) is 11.2 Å². The van der Waals surface area contributed by atoms with E-state index >= 15 is 0 Å². The first kappa shape index (κ1) is 21.0. The molecule has 3 nitrogen and oxygen atoms in total. The fraction of sp³-hybridized carbons (Fsp3) is 0. The number of nitrogens with zero attached hydrogens (tertiary/aromatic N) is 2. The monoisotopic (exact) mass is 456 g/mol. The predicted molar refractivity (Wildman–Crippen MR) is 128 cm³/mol. The first-order chi connectivity index (χ1) is 16.1. The third-order valence-electron chi connectivity index (χ3n) is 5.34. The zero-order valence-electron chi connectivity index (χ0n) is 17.4. The fourth-order valence-electron chi connectivity index (χ4n) is 3.73. The van der Waals surface area contributed by atoms with Gasteiger partial charge in [-0.05, 0) is 41.5 Å². The molecule has 0 aliphatic carbocycles. The Kier molecular flexibility index (Phi) is 5.67. The molecule has 1 heterocycles. The number of benzene rings is 4. The standard InChI is InChI=1S/C27H18F2N2OS/c28-24-15-12-21(16-25(24)29)31(18-32)30-17-27(23-8-4-5-9-26(23)30)33-22-13-10-20(11-14-22)19-6-2-1-3-7-19/h1-18H. The molecule has 0 spiro atoms. The van der Waals surface area contributed by atoms with Crippen molar-refractivity contribution in [2.24, 2.45) is 0 Å². The number of amides is 1. The van der Waals surface area contributed by atoms with E-state index in [2.05, 4.69) is 36.4 Å². The van der Waals surface area contributed by atoms with Gasteiger partial charge in [-0.1, -0.05) is 72.4 Å². The van der Waals surface area contributed by atoms with E-state index < -0.39 is 11.6 Å². The van der Waals surface area contributed by atoms with Crippen LogP contribution in [-0.2, 0) is 4.79 Å². The minimum atomic E-state index is -1.01. The molecule has 6 heteroatoms. The van der Waals surface area contributed by atoms with Crippen molar-refractivity contribution >= 4 is 34.8 Å². The molecule has 0 radical (unpaired) electrons. The number of aromatic nitrogens is 1. The molecule has 0 unspecified atom stereocenters. The van der Waals surface area contributed by atoms with E-state index in [-0.39, 0.29) is 5.69 Å². The van der Waals surface area contributed by atoms with Crippen molar-refractivity contribution in [3.8, 4) is 11.1 Å². The highest BCUT2D eigenvalue weighted by atomic mass is 32.2. The van der Waals surface area contributed by atoms with E-state index in [1.54, 1.807) is 16.4 Å². The molecular weight excluding hydrogens is 438 g/mol. The Balaban J connectivity index is 1.51. The lowest BCUT2D eigenvalue weighted by Crippen LogP contribution is -2.27. The normalized spacial score (nSPS) is 11.0. The third kappa shape index (κ3) is 4.13. The second-order valence-corrected chi connectivity index (χ2v) is 8.51. The van der Waals surface area contributed by atoms with Crippen molar-refractivity contribution in [2.75, 3.05) is 5.01 Å². The molecule has 0 bridgehead atoms. The van der Waals surface area contributed by atoms with E-state index in [4.69, 9.17) is 0 Å². The van der Waals surface area contributed by atoms with Gasteiger partial charge in [0.2, 0.25) is 6.41 Å². The van der Waals surface area contributed by atoms with Crippen molar-refractivity contribution in [1.29, 1.82) is 0 Å². The van der Waals surface area contributed by atoms with Crippen LogP contribution in [0.5, 0.6) is 0 Å². The lowest BCUT2D eigenvalue weighted by Gasteiger charge is -2.20. The van der Waals surface area contributed by atoms with Crippen molar-refractivity contribution in [3.05, 3.63) is 115 Å². The van der Waals surface area contributed by atoms with E-state index in [0.717, 1.165) is 44.0 Å². The van der Waals surface area contributed by atoms with Crippen molar-refractivity contribution < 1.29 is 13.6 Å².